The molecule has 2 heterocycles. The standard InChI is InChI=1S/C24H23FN4O3S/c1-4-28(14-22(30)26-19-7-5-6-8-20(19)32-3)23(31)21-13-18-15(2)27-29(24(18)33-21)17-11-9-16(25)10-12-17/h5-13H,4,14H2,1-3H3,(H,26,30). The lowest BCUT2D eigenvalue weighted by Gasteiger charge is -2.20. The van der Waals surface area contributed by atoms with Crippen molar-refractivity contribution in [3.05, 3.63) is 71.0 Å². The number of halogens is 1. The van der Waals surface area contributed by atoms with E-state index in [1.807, 2.05) is 19.9 Å². The molecule has 2 aromatic carbocycles. The van der Waals surface area contributed by atoms with Crippen LogP contribution in [0.1, 0.15) is 22.3 Å². The Morgan fingerprint density at radius 2 is 1.91 bits per heavy atom. The SMILES string of the molecule is CCN(CC(=O)Nc1ccccc1OC)C(=O)c1cc2c(C)nn(-c3ccc(F)cc3)c2s1. The molecule has 0 aliphatic rings. The predicted octanol–water partition coefficient (Wildman–Crippen LogP) is 4.64. The maximum absolute atomic E-state index is 13.3. The summed E-state index contributed by atoms with van der Waals surface area (Å²) in [5.74, 6) is -0.333. The lowest BCUT2D eigenvalue weighted by Crippen LogP contribution is -2.37. The third kappa shape index (κ3) is 4.58. The Labute approximate surface area is 194 Å². The number of likely N-dealkylation sites (N-methyl/N-ethyl adjacent to an activating group) is 1. The minimum Gasteiger partial charge on any atom is -0.495 e. The van der Waals surface area contributed by atoms with E-state index in [0.717, 1.165) is 15.9 Å². The molecule has 9 heteroatoms. The number of amides is 2. The van der Waals surface area contributed by atoms with E-state index in [1.54, 1.807) is 41.1 Å². The van der Waals surface area contributed by atoms with Crippen LogP contribution in [0.15, 0.2) is 54.6 Å². The number of hydrogen-bond donors (Lipinski definition) is 1. The number of ether oxygens (including phenoxy) is 1. The van der Waals surface area contributed by atoms with E-state index < -0.39 is 0 Å². The van der Waals surface area contributed by atoms with Gasteiger partial charge in [-0.05, 0) is 56.3 Å². The van der Waals surface area contributed by atoms with Gasteiger partial charge in [-0.15, -0.1) is 11.3 Å². The summed E-state index contributed by atoms with van der Waals surface area (Å²) in [7, 11) is 1.53. The molecule has 2 amide bonds. The van der Waals surface area contributed by atoms with E-state index in [1.165, 1.54) is 35.5 Å². The van der Waals surface area contributed by atoms with Gasteiger partial charge < -0.3 is 15.0 Å². The second kappa shape index (κ2) is 9.41. The molecule has 2 aromatic heterocycles. The fourth-order valence-electron chi connectivity index (χ4n) is 3.50. The number of nitrogens with one attached hydrogen (secondary N) is 1. The number of hydrogen-bond acceptors (Lipinski definition) is 5. The average Bonchev–Trinajstić information content (AvgIpc) is 3.38. The van der Waals surface area contributed by atoms with Crippen molar-refractivity contribution in [2.24, 2.45) is 0 Å². The highest BCUT2D eigenvalue weighted by Crippen LogP contribution is 2.31. The summed E-state index contributed by atoms with van der Waals surface area (Å²) in [6.07, 6.45) is 0. The number of nitrogens with zero attached hydrogens (tertiary/aromatic N) is 3. The average molecular weight is 467 g/mol. The van der Waals surface area contributed by atoms with Crippen LogP contribution in [0.2, 0.25) is 0 Å². The number of aryl methyl sites for hydroxylation is 1. The maximum Gasteiger partial charge on any atom is 0.264 e. The van der Waals surface area contributed by atoms with E-state index in [0.29, 0.717) is 28.5 Å². The van der Waals surface area contributed by atoms with Crippen LogP contribution in [-0.2, 0) is 4.79 Å². The van der Waals surface area contributed by atoms with Crippen LogP contribution in [0.25, 0.3) is 15.9 Å². The Hall–Kier alpha value is -3.72. The quantitative estimate of drug-likeness (QED) is 0.430. The van der Waals surface area contributed by atoms with Crippen molar-refractivity contribution in [2.75, 3.05) is 25.5 Å². The van der Waals surface area contributed by atoms with Crippen LogP contribution in [0.5, 0.6) is 5.75 Å². The summed E-state index contributed by atoms with van der Waals surface area (Å²) in [5, 5.41) is 8.18. The van der Waals surface area contributed by atoms with Gasteiger partial charge in [-0.2, -0.15) is 5.10 Å². The highest BCUT2D eigenvalue weighted by molar-refractivity contribution is 7.20. The van der Waals surface area contributed by atoms with Crippen LogP contribution < -0.4 is 10.1 Å². The van der Waals surface area contributed by atoms with Gasteiger partial charge in [0.2, 0.25) is 5.91 Å². The normalized spacial score (nSPS) is 10.9. The zero-order valence-corrected chi connectivity index (χ0v) is 19.3. The van der Waals surface area contributed by atoms with Crippen LogP contribution in [0, 0.1) is 12.7 Å². The number of aromatic nitrogens is 2. The number of thiophene rings is 1. The number of para-hydroxylation sites is 2. The molecule has 0 unspecified atom stereocenters. The number of benzene rings is 2. The second-order valence-electron chi connectivity index (χ2n) is 7.37. The molecule has 0 radical (unpaired) electrons. The number of rotatable bonds is 7. The van der Waals surface area contributed by atoms with Crippen molar-refractivity contribution in [1.29, 1.82) is 0 Å². The molecule has 0 aliphatic heterocycles. The van der Waals surface area contributed by atoms with Gasteiger partial charge in [-0.25, -0.2) is 9.07 Å². The number of carbonyl (C=O) groups is 2. The van der Waals surface area contributed by atoms with Gasteiger partial charge in [0.1, 0.15) is 22.9 Å². The van der Waals surface area contributed by atoms with E-state index in [4.69, 9.17) is 4.74 Å². The molecule has 0 aliphatic carbocycles. The molecule has 33 heavy (non-hydrogen) atoms. The van der Waals surface area contributed by atoms with Crippen LogP contribution >= 0.6 is 11.3 Å². The lowest BCUT2D eigenvalue weighted by atomic mass is 10.2. The van der Waals surface area contributed by atoms with Crippen molar-refractivity contribution in [1.82, 2.24) is 14.7 Å². The number of carbonyl (C=O) groups excluding carboxylic acids is 2. The fourth-order valence-corrected chi connectivity index (χ4v) is 4.65. The van der Waals surface area contributed by atoms with Crippen LogP contribution in [0.4, 0.5) is 10.1 Å². The summed E-state index contributed by atoms with van der Waals surface area (Å²) in [4.78, 5) is 28.6. The van der Waals surface area contributed by atoms with Gasteiger partial charge in [-0.1, -0.05) is 12.1 Å². The molecule has 0 fully saturated rings. The van der Waals surface area contributed by atoms with Crippen molar-refractivity contribution >= 4 is 39.1 Å². The molecule has 0 saturated carbocycles. The van der Waals surface area contributed by atoms with E-state index in [-0.39, 0.29) is 24.2 Å². The van der Waals surface area contributed by atoms with Crippen molar-refractivity contribution in [2.45, 2.75) is 13.8 Å². The first-order chi connectivity index (χ1) is 15.9. The number of methoxy groups -OCH3 is 1. The van der Waals surface area contributed by atoms with Gasteiger partial charge in [-0.3, -0.25) is 9.59 Å². The summed E-state index contributed by atoms with van der Waals surface area (Å²) in [6, 6.07) is 14.9. The van der Waals surface area contributed by atoms with Gasteiger partial charge in [0.05, 0.1) is 29.1 Å². The Kier molecular flexibility index (Phi) is 6.41. The summed E-state index contributed by atoms with van der Waals surface area (Å²) in [5.41, 5.74) is 2.02. The Morgan fingerprint density at radius 3 is 2.61 bits per heavy atom. The zero-order valence-electron chi connectivity index (χ0n) is 18.5. The Balaban J connectivity index is 1.55. The molecule has 4 rings (SSSR count). The van der Waals surface area contributed by atoms with E-state index >= 15 is 0 Å². The number of anilines is 1. The van der Waals surface area contributed by atoms with Gasteiger partial charge in [0, 0.05) is 11.9 Å². The minimum atomic E-state index is -0.328. The molecule has 7 nitrogen and oxygen atoms in total. The molecule has 0 atom stereocenters. The Morgan fingerprint density at radius 1 is 1.18 bits per heavy atom. The van der Waals surface area contributed by atoms with Gasteiger partial charge in [0.15, 0.2) is 0 Å². The monoisotopic (exact) mass is 466 g/mol. The molecule has 1 N–H and O–H groups in total. The smallest absolute Gasteiger partial charge is 0.264 e. The zero-order chi connectivity index (χ0) is 23.5. The third-order valence-corrected chi connectivity index (χ3v) is 6.31. The van der Waals surface area contributed by atoms with Crippen LogP contribution in [-0.4, -0.2) is 46.7 Å². The predicted molar refractivity (Wildman–Crippen MR) is 127 cm³/mol. The highest BCUT2D eigenvalue weighted by atomic mass is 32.1. The number of fused-ring (bicyclic) bond motifs is 1. The van der Waals surface area contributed by atoms with E-state index in [2.05, 4.69) is 10.4 Å². The molecule has 4 aromatic rings. The first-order valence-electron chi connectivity index (χ1n) is 10.4. The van der Waals surface area contributed by atoms with Gasteiger partial charge >= 0.3 is 0 Å². The van der Waals surface area contributed by atoms with Gasteiger partial charge in [0.25, 0.3) is 5.91 Å². The van der Waals surface area contributed by atoms with Crippen LogP contribution in [0.3, 0.4) is 0 Å². The topological polar surface area (TPSA) is 76.5 Å². The maximum atomic E-state index is 13.3. The summed E-state index contributed by atoms with van der Waals surface area (Å²) < 4.78 is 20.3. The molecule has 0 bridgehead atoms. The fraction of sp³-hybridized carbons (Fsp3) is 0.208. The van der Waals surface area contributed by atoms with Crippen molar-refractivity contribution in [3.63, 3.8) is 0 Å². The summed E-state index contributed by atoms with van der Waals surface area (Å²) in [6.45, 7) is 3.97. The largest absolute Gasteiger partial charge is 0.495 e. The molecule has 0 saturated heterocycles. The molecule has 0 spiro atoms. The minimum absolute atomic E-state index is 0.0926. The first kappa shape index (κ1) is 22.5. The van der Waals surface area contributed by atoms with Crippen molar-refractivity contribution < 1.29 is 18.7 Å². The highest BCUT2D eigenvalue weighted by Gasteiger charge is 2.22. The molecule has 170 valence electrons. The third-order valence-electron chi connectivity index (χ3n) is 5.21. The van der Waals surface area contributed by atoms with Crippen molar-refractivity contribution in [3.8, 4) is 11.4 Å². The van der Waals surface area contributed by atoms with E-state index in [9.17, 15) is 14.0 Å². The Bertz CT molecular complexity index is 1310. The summed E-state index contributed by atoms with van der Waals surface area (Å²) >= 11 is 1.30. The first-order valence-corrected chi connectivity index (χ1v) is 11.2. The molecular formula is C24H23FN4O3S. The second-order valence-corrected chi connectivity index (χ2v) is 8.40. The molecular weight excluding hydrogens is 443 g/mol. The lowest BCUT2D eigenvalue weighted by molar-refractivity contribution is -0.116.